The van der Waals surface area contributed by atoms with Crippen LogP contribution in [0, 0.1) is 11.8 Å². The van der Waals surface area contributed by atoms with Crippen LogP contribution < -0.4 is 5.32 Å². The first-order valence-electron chi connectivity index (χ1n) is 7.91. The van der Waals surface area contributed by atoms with Crippen molar-refractivity contribution in [3.63, 3.8) is 0 Å². The van der Waals surface area contributed by atoms with E-state index in [0.717, 1.165) is 25.6 Å². The van der Waals surface area contributed by atoms with Gasteiger partial charge in [0.05, 0.1) is 0 Å². The Labute approximate surface area is 149 Å². The molecule has 0 aromatic rings. The van der Waals surface area contributed by atoms with Gasteiger partial charge in [0, 0.05) is 32.6 Å². The van der Waals surface area contributed by atoms with Crippen molar-refractivity contribution in [3.05, 3.63) is 0 Å². The van der Waals surface area contributed by atoms with E-state index in [1.165, 1.54) is 6.42 Å². The van der Waals surface area contributed by atoms with Gasteiger partial charge in [0.2, 0.25) is 0 Å². The van der Waals surface area contributed by atoms with Crippen LogP contribution in [0.4, 0.5) is 13.2 Å². The highest BCUT2D eigenvalue weighted by molar-refractivity contribution is 14.0. The molecule has 1 fully saturated rings. The van der Waals surface area contributed by atoms with Crippen LogP contribution in [-0.4, -0.2) is 43.2 Å². The van der Waals surface area contributed by atoms with Gasteiger partial charge in [-0.3, -0.25) is 4.99 Å². The number of unbranched alkanes of at least 4 members (excludes halogenated alkanes) is 1. The number of nitrogens with zero attached hydrogens (tertiary/aromatic N) is 2. The molecule has 1 rings (SSSR count). The van der Waals surface area contributed by atoms with Crippen molar-refractivity contribution in [2.75, 3.05) is 26.2 Å². The third-order valence-electron chi connectivity index (χ3n) is 3.63. The van der Waals surface area contributed by atoms with Crippen molar-refractivity contribution >= 4 is 29.9 Å². The van der Waals surface area contributed by atoms with Crippen LogP contribution in [0.3, 0.4) is 0 Å². The fourth-order valence-electron chi connectivity index (χ4n) is 2.88. The number of piperidine rings is 1. The number of rotatable bonds is 5. The first-order valence-corrected chi connectivity index (χ1v) is 7.91. The van der Waals surface area contributed by atoms with Crippen molar-refractivity contribution in [1.82, 2.24) is 10.2 Å². The van der Waals surface area contributed by atoms with Crippen LogP contribution in [0.1, 0.15) is 46.5 Å². The van der Waals surface area contributed by atoms with E-state index < -0.39 is 12.6 Å². The fraction of sp³-hybridized carbons (Fsp3) is 0.933. The molecule has 22 heavy (non-hydrogen) atoms. The summed E-state index contributed by atoms with van der Waals surface area (Å²) in [6, 6.07) is 0. The SMILES string of the molecule is CCNC(=NCCCCC(F)(F)F)N1CC(C)CC(C)C1.I. The number of likely N-dealkylation sites (tertiary alicyclic amines) is 1. The molecule has 0 saturated carbocycles. The molecular formula is C15H29F3IN3. The molecule has 0 spiro atoms. The molecule has 2 atom stereocenters. The standard InChI is InChI=1S/C15H28F3N3.HI/c1-4-19-14(20-8-6-5-7-15(16,17)18)21-10-12(2)9-13(3)11-21;/h12-13H,4-11H2,1-3H3,(H,19,20);1H. The molecule has 1 saturated heterocycles. The average Bonchev–Trinajstić information content (AvgIpc) is 2.34. The summed E-state index contributed by atoms with van der Waals surface area (Å²) in [4.78, 5) is 6.73. The number of nitrogens with one attached hydrogen (secondary N) is 1. The summed E-state index contributed by atoms with van der Waals surface area (Å²) in [6.07, 6.45) is -2.91. The number of aliphatic imine (C=N–C) groups is 1. The average molecular weight is 435 g/mol. The highest BCUT2D eigenvalue weighted by atomic mass is 127. The lowest BCUT2D eigenvalue weighted by atomic mass is 9.92. The van der Waals surface area contributed by atoms with Crippen molar-refractivity contribution in [3.8, 4) is 0 Å². The lowest BCUT2D eigenvalue weighted by molar-refractivity contribution is -0.135. The van der Waals surface area contributed by atoms with Gasteiger partial charge in [0.15, 0.2) is 5.96 Å². The number of guanidine groups is 1. The number of alkyl halides is 3. The summed E-state index contributed by atoms with van der Waals surface area (Å²) >= 11 is 0. The molecule has 3 nitrogen and oxygen atoms in total. The van der Waals surface area contributed by atoms with Crippen LogP contribution in [0.5, 0.6) is 0 Å². The van der Waals surface area contributed by atoms with E-state index in [4.69, 9.17) is 0 Å². The van der Waals surface area contributed by atoms with E-state index in [-0.39, 0.29) is 30.4 Å². The molecule has 2 unspecified atom stereocenters. The number of halogens is 4. The van der Waals surface area contributed by atoms with Gasteiger partial charge >= 0.3 is 6.18 Å². The molecule has 1 N–H and O–H groups in total. The zero-order chi connectivity index (χ0) is 15.9. The van der Waals surface area contributed by atoms with Crippen LogP contribution in [0.15, 0.2) is 4.99 Å². The fourth-order valence-corrected chi connectivity index (χ4v) is 2.88. The second kappa shape index (κ2) is 10.5. The van der Waals surface area contributed by atoms with Gasteiger partial charge in [-0.1, -0.05) is 13.8 Å². The molecule has 0 aromatic heterocycles. The highest BCUT2D eigenvalue weighted by Gasteiger charge is 2.26. The third-order valence-corrected chi connectivity index (χ3v) is 3.63. The Kier molecular flexibility index (Phi) is 10.4. The second-order valence-electron chi connectivity index (χ2n) is 6.16. The largest absolute Gasteiger partial charge is 0.389 e. The van der Waals surface area contributed by atoms with Gasteiger partial charge in [-0.05, 0) is 38.0 Å². The minimum absolute atomic E-state index is 0. The molecule has 0 radical (unpaired) electrons. The van der Waals surface area contributed by atoms with Crippen LogP contribution >= 0.6 is 24.0 Å². The summed E-state index contributed by atoms with van der Waals surface area (Å²) in [7, 11) is 0. The Bertz CT molecular complexity index is 324. The lowest BCUT2D eigenvalue weighted by Crippen LogP contribution is -2.48. The van der Waals surface area contributed by atoms with E-state index in [0.29, 0.717) is 24.8 Å². The smallest absolute Gasteiger partial charge is 0.357 e. The summed E-state index contributed by atoms with van der Waals surface area (Å²) in [5.74, 6) is 2.11. The maximum atomic E-state index is 12.1. The predicted molar refractivity (Wildman–Crippen MR) is 95.8 cm³/mol. The van der Waals surface area contributed by atoms with Gasteiger partial charge in [-0.2, -0.15) is 13.2 Å². The van der Waals surface area contributed by atoms with Gasteiger partial charge in [-0.15, -0.1) is 24.0 Å². The first kappa shape index (κ1) is 21.8. The van der Waals surface area contributed by atoms with Crippen molar-refractivity contribution < 1.29 is 13.2 Å². The predicted octanol–water partition coefficient (Wildman–Crippen LogP) is 4.28. The summed E-state index contributed by atoms with van der Waals surface area (Å²) in [5, 5.41) is 3.25. The zero-order valence-electron chi connectivity index (χ0n) is 13.7. The monoisotopic (exact) mass is 435 g/mol. The maximum absolute atomic E-state index is 12.1. The highest BCUT2D eigenvalue weighted by Crippen LogP contribution is 2.22. The molecule has 0 bridgehead atoms. The Balaban J connectivity index is 0.00000441. The topological polar surface area (TPSA) is 27.6 Å². The number of hydrogen-bond donors (Lipinski definition) is 1. The van der Waals surface area contributed by atoms with Crippen molar-refractivity contribution in [2.45, 2.75) is 52.6 Å². The van der Waals surface area contributed by atoms with Gasteiger partial charge in [0.25, 0.3) is 0 Å². The van der Waals surface area contributed by atoms with Gasteiger partial charge < -0.3 is 10.2 Å². The zero-order valence-corrected chi connectivity index (χ0v) is 16.1. The molecule has 0 aliphatic carbocycles. The molecular weight excluding hydrogens is 406 g/mol. The number of hydrogen-bond acceptors (Lipinski definition) is 1. The molecule has 7 heteroatoms. The summed E-state index contributed by atoms with van der Waals surface area (Å²) < 4.78 is 36.2. The lowest BCUT2D eigenvalue weighted by Gasteiger charge is -2.37. The normalized spacial score (nSPS) is 23.2. The molecule has 0 aromatic carbocycles. The van der Waals surface area contributed by atoms with Crippen LogP contribution in [0.25, 0.3) is 0 Å². The minimum Gasteiger partial charge on any atom is -0.357 e. The Morgan fingerprint density at radius 3 is 2.27 bits per heavy atom. The molecule has 132 valence electrons. The minimum atomic E-state index is -4.05. The van der Waals surface area contributed by atoms with E-state index in [1.54, 1.807) is 0 Å². The van der Waals surface area contributed by atoms with Crippen LogP contribution in [-0.2, 0) is 0 Å². The Morgan fingerprint density at radius 2 is 1.77 bits per heavy atom. The van der Waals surface area contributed by atoms with E-state index in [9.17, 15) is 13.2 Å². The quantitative estimate of drug-likeness (QED) is 0.302. The summed E-state index contributed by atoms with van der Waals surface area (Å²) in [5.41, 5.74) is 0. The third kappa shape index (κ3) is 9.05. The Morgan fingerprint density at radius 1 is 1.18 bits per heavy atom. The van der Waals surface area contributed by atoms with Gasteiger partial charge in [0.1, 0.15) is 0 Å². The molecule has 0 amide bonds. The Hall–Kier alpha value is -0.210. The van der Waals surface area contributed by atoms with E-state index in [2.05, 4.69) is 29.1 Å². The van der Waals surface area contributed by atoms with E-state index >= 15 is 0 Å². The second-order valence-corrected chi connectivity index (χ2v) is 6.16. The summed E-state index contributed by atoms with van der Waals surface area (Å²) in [6.45, 7) is 9.65. The molecule has 1 heterocycles. The maximum Gasteiger partial charge on any atom is 0.389 e. The first-order chi connectivity index (χ1) is 9.81. The molecule has 1 aliphatic rings. The van der Waals surface area contributed by atoms with E-state index in [1.807, 2.05) is 6.92 Å². The van der Waals surface area contributed by atoms with Crippen molar-refractivity contribution in [2.24, 2.45) is 16.8 Å². The van der Waals surface area contributed by atoms with Crippen LogP contribution in [0.2, 0.25) is 0 Å². The van der Waals surface area contributed by atoms with Crippen molar-refractivity contribution in [1.29, 1.82) is 0 Å². The molecule has 1 aliphatic heterocycles. The van der Waals surface area contributed by atoms with Gasteiger partial charge in [-0.25, -0.2) is 0 Å².